The molecule has 1 aliphatic rings. The van der Waals surface area contributed by atoms with Crippen LogP contribution >= 0.6 is 11.6 Å². The molecule has 0 spiro atoms. The van der Waals surface area contributed by atoms with Crippen molar-refractivity contribution in [3.63, 3.8) is 0 Å². The maximum atomic E-state index is 12.4. The molecule has 2 N–H and O–H groups in total. The minimum Gasteiger partial charge on any atom is -0.467 e. The van der Waals surface area contributed by atoms with Crippen molar-refractivity contribution >= 4 is 23.5 Å². The van der Waals surface area contributed by atoms with Crippen LogP contribution in [0.5, 0.6) is 0 Å². The summed E-state index contributed by atoms with van der Waals surface area (Å²) in [6, 6.07) is 2.71. The SMILES string of the molecule is O=C(NC(CO)c1ccco1)c1nc(N2CCCC2)ncc1Cl. The van der Waals surface area contributed by atoms with Crippen molar-refractivity contribution in [2.24, 2.45) is 0 Å². The Morgan fingerprint density at radius 2 is 2.26 bits per heavy atom. The molecule has 1 saturated heterocycles. The topological polar surface area (TPSA) is 91.5 Å². The number of anilines is 1. The summed E-state index contributed by atoms with van der Waals surface area (Å²) in [4.78, 5) is 22.9. The van der Waals surface area contributed by atoms with Gasteiger partial charge in [0.2, 0.25) is 5.95 Å². The fourth-order valence-electron chi connectivity index (χ4n) is 2.51. The van der Waals surface area contributed by atoms with Gasteiger partial charge in [-0.05, 0) is 25.0 Å². The molecule has 0 saturated carbocycles. The van der Waals surface area contributed by atoms with E-state index in [2.05, 4.69) is 15.3 Å². The lowest BCUT2D eigenvalue weighted by molar-refractivity contribution is 0.0902. The molecular weight excluding hydrogens is 320 g/mol. The van der Waals surface area contributed by atoms with Gasteiger partial charge in [0.15, 0.2) is 5.69 Å². The first-order valence-electron chi connectivity index (χ1n) is 7.41. The van der Waals surface area contributed by atoms with Gasteiger partial charge in [0.05, 0.1) is 24.1 Å². The zero-order valence-electron chi connectivity index (χ0n) is 12.4. The van der Waals surface area contributed by atoms with Crippen LogP contribution in [0.4, 0.5) is 5.95 Å². The Hall–Kier alpha value is -2.12. The summed E-state index contributed by atoms with van der Waals surface area (Å²) in [6.07, 6.45) is 5.07. The van der Waals surface area contributed by atoms with Crippen LogP contribution in [-0.2, 0) is 0 Å². The lowest BCUT2D eigenvalue weighted by Crippen LogP contribution is -2.32. The summed E-state index contributed by atoms with van der Waals surface area (Å²) >= 11 is 6.06. The predicted octanol–water partition coefficient (Wildman–Crippen LogP) is 1.79. The molecule has 3 rings (SSSR count). The summed E-state index contributed by atoms with van der Waals surface area (Å²) < 4.78 is 5.21. The van der Waals surface area contributed by atoms with Crippen molar-refractivity contribution in [2.45, 2.75) is 18.9 Å². The van der Waals surface area contributed by atoms with Crippen LogP contribution in [0, 0.1) is 0 Å². The third-order valence-corrected chi connectivity index (χ3v) is 3.99. The molecule has 0 radical (unpaired) electrons. The molecule has 2 aromatic heterocycles. The maximum Gasteiger partial charge on any atom is 0.272 e. The van der Waals surface area contributed by atoms with E-state index in [0.717, 1.165) is 25.9 Å². The number of aliphatic hydroxyl groups excluding tert-OH is 1. The van der Waals surface area contributed by atoms with E-state index in [0.29, 0.717) is 11.7 Å². The van der Waals surface area contributed by atoms with Crippen molar-refractivity contribution in [2.75, 3.05) is 24.6 Å². The van der Waals surface area contributed by atoms with Crippen LogP contribution in [0.3, 0.4) is 0 Å². The number of halogens is 1. The number of hydrogen-bond donors (Lipinski definition) is 2. The Kier molecular flexibility index (Phi) is 4.78. The van der Waals surface area contributed by atoms with E-state index in [1.54, 1.807) is 12.1 Å². The van der Waals surface area contributed by atoms with Gasteiger partial charge in [-0.2, -0.15) is 0 Å². The quantitative estimate of drug-likeness (QED) is 0.865. The van der Waals surface area contributed by atoms with Crippen LogP contribution in [-0.4, -0.2) is 40.7 Å². The Morgan fingerprint density at radius 3 is 2.91 bits per heavy atom. The third-order valence-electron chi connectivity index (χ3n) is 3.71. The molecule has 8 heteroatoms. The Bertz CT molecular complexity index is 671. The highest BCUT2D eigenvalue weighted by molar-refractivity contribution is 6.33. The molecule has 23 heavy (non-hydrogen) atoms. The van der Waals surface area contributed by atoms with Crippen molar-refractivity contribution in [3.05, 3.63) is 41.1 Å². The smallest absolute Gasteiger partial charge is 0.272 e. The number of amides is 1. The predicted molar refractivity (Wildman–Crippen MR) is 84.5 cm³/mol. The molecule has 1 amide bonds. The molecule has 0 bridgehead atoms. The van der Waals surface area contributed by atoms with Gasteiger partial charge in [0.1, 0.15) is 11.8 Å². The fourth-order valence-corrected chi connectivity index (χ4v) is 2.69. The summed E-state index contributed by atoms with van der Waals surface area (Å²) in [5.41, 5.74) is 0.0913. The van der Waals surface area contributed by atoms with Crippen LogP contribution in [0.2, 0.25) is 5.02 Å². The van der Waals surface area contributed by atoms with Crippen LogP contribution in [0.25, 0.3) is 0 Å². The molecule has 2 aromatic rings. The number of hydrogen-bond acceptors (Lipinski definition) is 6. The standard InChI is InChI=1S/C15H17ClN4O3/c16-10-8-17-15(20-5-1-2-6-20)19-13(10)14(22)18-11(9-21)12-4-3-7-23-12/h3-4,7-8,11,21H,1-2,5-6,9H2,(H,18,22). The molecule has 1 aliphatic heterocycles. The molecule has 0 aliphatic carbocycles. The first-order valence-corrected chi connectivity index (χ1v) is 7.79. The molecule has 1 fully saturated rings. The van der Waals surface area contributed by atoms with Gasteiger partial charge in [-0.1, -0.05) is 11.6 Å². The van der Waals surface area contributed by atoms with Gasteiger partial charge in [0, 0.05) is 13.1 Å². The highest BCUT2D eigenvalue weighted by Crippen LogP contribution is 2.21. The molecule has 3 heterocycles. The largest absolute Gasteiger partial charge is 0.467 e. The molecule has 0 aromatic carbocycles. The van der Waals surface area contributed by atoms with Crippen LogP contribution < -0.4 is 10.2 Å². The van der Waals surface area contributed by atoms with E-state index < -0.39 is 11.9 Å². The number of carbonyl (C=O) groups is 1. The van der Waals surface area contributed by atoms with Crippen molar-refractivity contribution in [1.29, 1.82) is 0 Å². The third kappa shape index (κ3) is 3.46. The van der Waals surface area contributed by atoms with Crippen LogP contribution in [0.1, 0.15) is 35.1 Å². The molecular formula is C15H17ClN4O3. The van der Waals surface area contributed by atoms with E-state index >= 15 is 0 Å². The Morgan fingerprint density at radius 1 is 1.48 bits per heavy atom. The van der Waals surface area contributed by atoms with Gasteiger partial charge in [-0.3, -0.25) is 4.79 Å². The minimum absolute atomic E-state index is 0.0913. The average Bonchev–Trinajstić information content (AvgIpc) is 3.26. The number of carbonyl (C=O) groups excluding carboxylic acids is 1. The summed E-state index contributed by atoms with van der Waals surface area (Å²) in [6.45, 7) is 1.45. The summed E-state index contributed by atoms with van der Waals surface area (Å²) in [5.74, 6) is 0.481. The van der Waals surface area contributed by atoms with E-state index in [1.165, 1.54) is 12.5 Å². The second-order valence-corrected chi connectivity index (χ2v) is 5.69. The van der Waals surface area contributed by atoms with Crippen LogP contribution in [0.15, 0.2) is 29.0 Å². The Labute approximate surface area is 138 Å². The number of furan rings is 1. The highest BCUT2D eigenvalue weighted by Gasteiger charge is 2.22. The maximum absolute atomic E-state index is 12.4. The van der Waals surface area contributed by atoms with Gasteiger partial charge < -0.3 is 19.7 Å². The average molecular weight is 337 g/mol. The second-order valence-electron chi connectivity index (χ2n) is 5.28. The lowest BCUT2D eigenvalue weighted by atomic mass is 10.2. The van der Waals surface area contributed by atoms with E-state index in [9.17, 15) is 9.90 Å². The van der Waals surface area contributed by atoms with E-state index in [-0.39, 0.29) is 17.3 Å². The fraction of sp³-hybridized carbons (Fsp3) is 0.400. The number of nitrogens with zero attached hydrogens (tertiary/aromatic N) is 3. The first kappa shape index (κ1) is 15.8. The lowest BCUT2D eigenvalue weighted by Gasteiger charge is -2.17. The van der Waals surface area contributed by atoms with E-state index in [4.69, 9.17) is 16.0 Å². The number of nitrogens with one attached hydrogen (secondary N) is 1. The number of rotatable bonds is 5. The molecule has 1 atom stereocenters. The van der Waals surface area contributed by atoms with Gasteiger partial charge in [-0.15, -0.1) is 0 Å². The van der Waals surface area contributed by atoms with Crippen molar-refractivity contribution in [1.82, 2.24) is 15.3 Å². The Balaban J connectivity index is 1.79. The van der Waals surface area contributed by atoms with Gasteiger partial charge in [-0.25, -0.2) is 9.97 Å². The zero-order chi connectivity index (χ0) is 16.2. The minimum atomic E-state index is -0.654. The highest BCUT2D eigenvalue weighted by atomic mass is 35.5. The summed E-state index contributed by atoms with van der Waals surface area (Å²) in [7, 11) is 0. The van der Waals surface area contributed by atoms with E-state index in [1.807, 2.05) is 4.90 Å². The molecule has 1 unspecified atom stereocenters. The van der Waals surface area contributed by atoms with Gasteiger partial charge in [0.25, 0.3) is 5.91 Å². The monoisotopic (exact) mass is 336 g/mol. The molecule has 7 nitrogen and oxygen atoms in total. The number of aliphatic hydroxyl groups is 1. The van der Waals surface area contributed by atoms with Crippen molar-refractivity contribution in [3.8, 4) is 0 Å². The normalized spacial score (nSPS) is 15.7. The first-order chi connectivity index (χ1) is 11.2. The summed E-state index contributed by atoms with van der Waals surface area (Å²) in [5, 5.41) is 12.3. The second kappa shape index (κ2) is 6.97. The molecule has 122 valence electrons. The van der Waals surface area contributed by atoms with Gasteiger partial charge >= 0.3 is 0 Å². The number of aromatic nitrogens is 2. The van der Waals surface area contributed by atoms with Crippen molar-refractivity contribution < 1.29 is 14.3 Å². The zero-order valence-corrected chi connectivity index (χ0v) is 13.2.